The molecule has 6 nitrogen and oxygen atoms in total. The van der Waals surface area contributed by atoms with Crippen LogP contribution in [0.2, 0.25) is 0 Å². The van der Waals surface area contributed by atoms with Gasteiger partial charge in [0.15, 0.2) is 0 Å². The van der Waals surface area contributed by atoms with E-state index in [-0.39, 0.29) is 5.48 Å². The van der Waals surface area contributed by atoms with Gasteiger partial charge in [-0.25, -0.2) is 0 Å². The SMILES string of the molecule is C=CCOCC=C.O.O=S(=O)(O)O. The van der Waals surface area contributed by atoms with Crippen molar-refractivity contribution in [1.82, 2.24) is 0 Å². The Morgan fingerprint density at radius 3 is 1.54 bits per heavy atom. The molecule has 0 heterocycles. The second-order valence-corrected chi connectivity index (χ2v) is 2.46. The second-order valence-electron chi connectivity index (χ2n) is 1.56. The first-order valence-corrected chi connectivity index (χ1v) is 4.31. The van der Waals surface area contributed by atoms with Crippen molar-refractivity contribution in [3.8, 4) is 0 Å². The van der Waals surface area contributed by atoms with Crippen molar-refractivity contribution in [3.63, 3.8) is 0 Å². The van der Waals surface area contributed by atoms with Crippen molar-refractivity contribution in [2.24, 2.45) is 0 Å². The van der Waals surface area contributed by atoms with E-state index in [4.69, 9.17) is 22.3 Å². The molecule has 0 amide bonds. The first-order valence-electron chi connectivity index (χ1n) is 2.91. The second kappa shape index (κ2) is 11.3. The topological polar surface area (TPSA) is 115 Å². The fourth-order valence-electron chi connectivity index (χ4n) is 0.235. The normalized spacial score (nSPS) is 8.77. The minimum absolute atomic E-state index is 0. The van der Waals surface area contributed by atoms with E-state index >= 15 is 0 Å². The summed E-state index contributed by atoms with van der Waals surface area (Å²) in [6.07, 6.45) is 3.42. The minimum atomic E-state index is -4.67. The van der Waals surface area contributed by atoms with E-state index in [1.807, 2.05) is 0 Å². The van der Waals surface area contributed by atoms with Crippen LogP contribution in [-0.4, -0.2) is 36.2 Å². The Labute approximate surface area is 77.4 Å². The van der Waals surface area contributed by atoms with E-state index in [1.54, 1.807) is 12.2 Å². The van der Waals surface area contributed by atoms with Crippen LogP contribution in [-0.2, 0) is 15.1 Å². The number of ether oxygens (including phenoxy) is 1. The molecule has 13 heavy (non-hydrogen) atoms. The highest BCUT2D eigenvalue weighted by molar-refractivity contribution is 7.79. The summed E-state index contributed by atoms with van der Waals surface area (Å²) in [6.45, 7) is 8.18. The third-order valence-electron chi connectivity index (χ3n) is 0.471. The quantitative estimate of drug-likeness (QED) is 0.385. The molecule has 0 spiro atoms. The van der Waals surface area contributed by atoms with Crippen LogP contribution in [0, 0.1) is 0 Å². The average Bonchev–Trinajstić information content (AvgIpc) is 1.85. The zero-order valence-corrected chi connectivity index (χ0v) is 7.83. The predicted molar refractivity (Wildman–Crippen MR) is 49.0 cm³/mol. The van der Waals surface area contributed by atoms with E-state index < -0.39 is 10.4 Å². The van der Waals surface area contributed by atoms with Gasteiger partial charge in [-0.15, -0.1) is 13.2 Å². The lowest BCUT2D eigenvalue weighted by Crippen LogP contribution is -1.89. The van der Waals surface area contributed by atoms with Crippen LogP contribution < -0.4 is 0 Å². The molecule has 0 radical (unpaired) electrons. The summed E-state index contributed by atoms with van der Waals surface area (Å²) in [5.74, 6) is 0. The standard InChI is InChI=1S/C6H10O.H2O4S.H2O/c1-3-5-7-6-4-2;1-5(2,3)4;/h3-4H,1-2,5-6H2;(H2,1,2,3,4);1H2. The summed E-state index contributed by atoms with van der Waals surface area (Å²) in [5.41, 5.74) is 0. The average molecular weight is 214 g/mol. The van der Waals surface area contributed by atoms with E-state index in [2.05, 4.69) is 13.2 Å². The zero-order chi connectivity index (χ0) is 10.0. The monoisotopic (exact) mass is 214 g/mol. The molecule has 0 unspecified atom stereocenters. The molecule has 0 aromatic rings. The van der Waals surface area contributed by atoms with Gasteiger partial charge in [-0.2, -0.15) is 8.42 Å². The molecule has 0 aromatic heterocycles. The maximum Gasteiger partial charge on any atom is 0.394 e. The number of hydrogen-bond acceptors (Lipinski definition) is 3. The van der Waals surface area contributed by atoms with Gasteiger partial charge in [-0.3, -0.25) is 9.11 Å². The maximum absolute atomic E-state index is 8.74. The van der Waals surface area contributed by atoms with Gasteiger partial charge < -0.3 is 10.2 Å². The minimum Gasteiger partial charge on any atom is -0.412 e. The fourth-order valence-corrected chi connectivity index (χ4v) is 0.235. The molecule has 0 aliphatic heterocycles. The van der Waals surface area contributed by atoms with Crippen molar-refractivity contribution >= 4 is 10.4 Å². The highest BCUT2D eigenvalue weighted by Gasteiger charge is 1.84. The Balaban J connectivity index is -0.000000150. The fraction of sp³-hybridized carbons (Fsp3) is 0.333. The third-order valence-corrected chi connectivity index (χ3v) is 0.471. The van der Waals surface area contributed by atoms with Gasteiger partial charge >= 0.3 is 10.4 Å². The Bertz CT molecular complexity index is 191. The lowest BCUT2D eigenvalue weighted by atomic mass is 10.6. The largest absolute Gasteiger partial charge is 0.412 e. The first kappa shape index (κ1) is 18.1. The smallest absolute Gasteiger partial charge is 0.394 e. The van der Waals surface area contributed by atoms with Crippen molar-refractivity contribution in [2.45, 2.75) is 0 Å². The van der Waals surface area contributed by atoms with Crippen LogP contribution >= 0.6 is 0 Å². The third kappa shape index (κ3) is 90.6. The summed E-state index contributed by atoms with van der Waals surface area (Å²) in [7, 11) is -4.67. The molecule has 0 aromatic carbocycles. The van der Waals surface area contributed by atoms with Crippen molar-refractivity contribution < 1.29 is 27.7 Å². The Kier molecular flexibility index (Phi) is 15.7. The van der Waals surface area contributed by atoms with Gasteiger partial charge in [0, 0.05) is 0 Å². The van der Waals surface area contributed by atoms with Crippen molar-refractivity contribution in [1.29, 1.82) is 0 Å². The van der Waals surface area contributed by atoms with Crippen LogP contribution in [0.3, 0.4) is 0 Å². The van der Waals surface area contributed by atoms with Crippen LogP contribution in [0.5, 0.6) is 0 Å². The maximum atomic E-state index is 8.74. The molecule has 0 saturated carbocycles. The molecule has 0 fully saturated rings. The lowest BCUT2D eigenvalue weighted by Gasteiger charge is -1.89. The molecule has 0 aliphatic rings. The van der Waals surface area contributed by atoms with Gasteiger partial charge in [0.2, 0.25) is 0 Å². The van der Waals surface area contributed by atoms with Crippen LogP contribution in [0.25, 0.3) is 0 Å². The molecular formula is C6H14O6S. The Morgan fingerprint density at radius 1 is 1.15 bits per heavy atom. The summed E-state index contributed by atoms with van der Waals surface area (Å²) in [6, 6.07) is 0. The molecular weight excluding hydrogens is 200 g/mol. The summed E-state index contributed by atoms with van der Waals surface area (Å²) in [5, 5.41) is 0. The molecule has 0 aliphatic carbocycles. The van der Waals surface area contributed by atoms with Gasteiger partial charge in [0.1, 0.15) is 0 Å². The Morgan fingerprint density at radius 2 is 1.38 bits per heavy atom. The first-order chi connectivity index (χ1) is 5.41. The van der Waals surface area contributed by atoms with Crippen LogP contribution in [0.4, 0.5) is 0 Å². The molecule has 0 bridgehead atoms. The molecule has 7 heteroatoms. The van der Waals surface area contributed by atoms with E-state index in [0.717, 1.165) is 0 Å². The molecule has 4 N–H and O–H groups in total. The van der Waals surface area contributed by atoms with Crippen LogP contribution in [0.1, 0.15) is 0 Å². The van der Waals surface area contributed by atoms with E-state index in [0.29, 0.717) is 13.2 Å². The predicted octanol–water partition coefficient (Wildman–Crippen LogP) is -0.103. The number of rotatable bonds is 4. The molecule has 0 atom stereocenters. The van der Waals surface area contributed by atoms with Gasteiger partial charge in [0.05, 0.1) is 13.2 Å². The lowest BCUT2D eigenvalue weighted by molar-refractivity contribution is 0.194. The Hall–Kier alpha value is -0.730. The molecule has 80 valence electrons. The molecule has 0 saturated heterocycles. The van der Waals surface area contributed by atoms with E-state index in [9.17, 15) is 0 Å². The summed E-state index contributed by atoms with van der Waals surface area (Å²) >= 11 is 0. The van der Waals surface area contributed by atoms with E-state index in [1.165, 1.54) is 0 Å². The summed E-state index contributed by atoms with van der Waals surface area (Å²) in [4.78, 5) is 0. The van der Waals surface area contributed by atoms with Crippen LogP contribution in [0.15, 0.2) is 25.3 Å². The van der Waals surface area contributed by atoms with Gasteiger partial charge in [0.25, 0.3) is 0 Å². The summed E-state index contributed by atoms with van der Waals surface area (Å²) < 4.78 is 36.5. The zero-order valence-electron chi connectivity index (χ0n) is 7.01. The highest BCUT2D eigenvalue weighted by Crippen LogP contribution is 1.72. The number of hydrogen-bond donors (Lipinski definition) is 2. The molecule has 0 rings (SSSR count). The van der Waals surface area contributed by atoms with Crippen molar-refractivity contribution in [2.75, 3.05) is 13.2 Å². The van der Waals surface area contributed by atoms with Crippen molar-refractivity contribution in [3.05, 3.63) is 25.3 Å². The van der Waals surface area contributed by atoms with Gasteiger partial charge in [-0.05, 0) is 0 Å². The highest BCUT2D eigenvalue weighted by atomic mass is 32.3. The van der Waals surface area contributed by atoms with Gasteiger partial charge in [-0.1, -0.05) is 12.2 Å².